The van der Waals surface area contributed by atoms with Crippen LogP contribution in [0.15, 0.2) is 83.8 Å². The highest BCUT2D eigenvalue weighted by molar-refractivity contribution is 7.89. The van der Waals surface area contributed by atoms with Crippen LogP contribution in [0.3, 0.4) is 0 Å². The lowest BCUT2D eigenvalue weighted by atomic mass is 10.2. The van der Waals surface area contributed by atoms with E-state index in [9.17, 15) is 17.6 Å². The van der Waals surface area contributed by atoms with Crippen molar-refractivity contribution in [2.45, 2.75) is 18.0 Å². The van der Waals surface area contributed by atoms with Gasteiger partial charge in [-0.2, -0.15) is 4.31 Å². The van der Waals surface area contributed by atoms with Crippen molar-refractivity contribution in [2.24, 2.45) is 0 Å². The fraction of sp³-hybridized carbons (Fsp3) is 0.174. The van der Waals surface area contributed by atoms with Gasteiger partial charge in [-0.05, 0) is 47.5 Å². The predicted molar refractivity (Wildman–Crippen MR) is 115 cm³/mol. The summed E-state index contributed by atoms with van der Waals surface area (Å²) >= 11 is 0. The molecule has 0 spiro atoms. The summed E-state index contributed by atoms with van der Waals surface area (Å²) < 4.78 is 45.7. The van der Waals surface area contributed by atoms with Crippen molar-refractivity contribution in [1.82, 2.24) is 9.62 Å². The average molecular weight is 443 g/mol. The molecule has 162 valence electrons. The average Bonchev–Trinajstić information content (AvgIpc) is 2.78. The number of hydrogen-bond donors (Lipinski definition) is 1. The minimum Gasteiger partial charge on any atom is -0.497 e. The van der Waals surface area contributed by atoms with Crippen molar-refractivity contribution < 1.29 is 22.3 Å². The molecule has 1 amide bonds. The van der Waals surface area contributed by atoms with Gasteiger partial charge in [0, 0.05) is 13.1 Å². The van der Waals surface area contributed by atoms with Crippen LogP contribution in [-0.2, 0) is 27.9 Å². The molecule has 0 bridgehead atoms. The summed E-state index contributed by atoms with van der Waals surface area (Å²) in [6.45, 7) is -0.111. The molecule has 0 heterocycles. The first kappa shape index (κ1) is 22.5. The Balaban J connectivity index is 1.75. The lowest BCUT2D eigenvalue weighted by Gasteiger charge is -2.22. The van der Waals surface area contributed by atoms with Crippen LogP contribution in [0.2, 0.25) is 0 Å². The summed E-state index contributed by atoms with van der Waals surface area (Å²) in [5, 5.41) is 2.74. The number of nitrogens with one attached hydrogen (secondary N) is 1. The van der Waals surface area contributed by atoms with E-state index in [0.29, 0.717) is 5.75 Å². The molecule has 0 aliphatic heterocycles. The van der Waals surface area contributed by atoms with Crippen LogP contribution in [0, 0.1) is 5.82 Å². The lowest BCUT2D eigenvalue weighted by molar-refractivity contribution is -0.121. The zero-order chi connectivity index (χ0) is 22.3. The van der Waals surface area contributed by atoms with Crippen molar-refractivity contribution >= 4 is 15.9 Å². The smallest absolute Gasteiger partial charge is 0.243 e. The van der Waals surface area contributed by atoms with Gasteiger partial charge in [0.05, 0.1) is 18.6 Å². The first-order chi connectivity index (χ1) is 14.9. The molecule has 8 heteroatoms. The summed E-state index contributed by atoms with van der Waals surface area (Å²) in [7, 11) is -2.44. The Morgan fingerprint density at radius 2 is 1.58 bits per heavy atom. The minimum atomic E-state index is -4.01. The first-order valence-electron chi connectivity index (χ1n) is 9.58. The van der Waals surface area contributed by atoms with Gasteiger partial charge < -0.3 is 10.1 Å². The number of carbonyl (C=O) groups excluding carboxylic acids is 1. The normalized spacial score (nSPS) is 11.3. The van der Waals surface area contributed by atoms with Crippen LogP contribution >= 0.6 is 0 Å². The molecule has 0 radical (unpaired) electrons. The zero-order valence-electron chi connectivity index (χ0n) is 17.0. The Kier molecular flexibility index (Phi) is 7.38. The van der Waals surface area contributed by atoms with E-state index in [1.165, 1.54) is 12.1 Å². The Morgan fingerprint density at radius 1 is 0.935 bits per heavy atom. The second kappa shape index (κ2) is 10.2. The molecule has 0 fully saturated rings. The van der Waals surface area contributed by atoms with E-state index in [2.05, 4.69) is 5.32 Å². The van der Waals surface area contributed by atoms with E-state index in [4.69, 9.17) is 4.74 Å². The molecule has 31 heavy (non-hydrogen) atoms. The zero-order valence-corrected chi connectivity index (χ0v) is 17.8. The molecule has 0 aliphatic rings. The molecule has 3 aromatic carbocycles. The summed E-state index contributed by atoms with van der Waals surface area (Å²) in [5.74, 6) is -0.280. The van der Waals surface area contributed by atoms with Gasteiger partial charge in [0.15, 0.2) is 0 Å². The Morgan fingerprint density at radius 3 is 2.19 bits per heavy atom. The largest absolute Gasteiger partial charge is 0.497 e. The maximum atomic E-state index is 13.3. The van der Waals surface area contributed by atoms with Crippen LogP contribution in [0.25, 0.3) is 0 Å². The molecule has 0 aliphatic carbocycles. The molecule has 1 N–H and O–H groups in total. The molecule has 0 atom stereocenters. The van der Waals surface area contributed by atoms with Gasteiger partial charge in [0.1, 0.15) is 11.6 Å². The van der Waals surface area contributed by atoms with Crippen LogP contribution in [0.5, 0.6) is 5.75 Å². The number of halogens is 1. The highest BCUT2D eigenvalue weighted by atomic mass is 32.2. The van der Waals surface area contributed by atoms with Crippen molar-refractivity contribution in [3.63, 3.8) is 0 Å². The third-order valence-electron chi connectivity index (χ3n) is 4.62. The molecule has 0 aromatic heterocycles. The van der Waals surface area contributed by atoms with Crippen molar-refractivity contribution in [2.75, 3.05) is 13.7 Å². The number of sulfonamides is 1. The fourth-order valence-corrected chi connectivity index (χ4v) is 4.31. The number of hydrogen-bond acceptors (Lipinski definition) is 4. The Hall–Kier alpha value is -3.23. The van der Waals surface area contributed by atoms with E-state index in [0.717, 1.165) is 27.6 Å². The van der Waals surface area contributed by atoms with Crippen LogP contribution in [0.4, 0.5) is 4.39 Å². The lowest BCUT2D eigenvalue weighted by Crippen LogP contribution is -2.40. The van der Waals surface area contributed by atoms with Crippen LogP contribution < -0.4 is 10.1 Å². The molecule has 0 saturated carbocycles. The van der Waals surface area contributed by atoms with Crippen molar-refractivity contribution in [1.29, 1.82) is 0 Å². The number of carbonyl (C=O) groups is 1. The predicted octanol–water partition coefficient (Wildman–Crippen LogP) is 3.34. The number of rotatable bonds is 9. The molecular weight excluding hydrogens is 419 g/mol. The molecule has 3 aromatic rings. The fourth-order valence-electron chi connectivity index (χ4n) is 2.93. The van der Waals surface area contributed by atoms with E-state index < -0.39 is 21.7 Å². The minimum absolute atomic E-state index is 0.0104. The highest BCUT2D eigenvalue weighted by Gasteiger charge is 2.27. The quantitative estimate of drug-likeness (QED) is 0.552. The molecule has 0 unspecified atom stereocenters. The van der Waals surface area contributed by atoms with Crippen LogP contribution in [0.1, 0.15) is 11.1 Å². The van der Waals surface area contributed by atoms with Gasteiger partial charge in [-0.3, -0.25) is 4.79 Å². The number of nitrogens with zero attached hydrogens (tertiary/aromatic N) is 1. The maximum Gasteiger partial charge on any atom is 0.243 e. The van der Waals surface area contributed by atoms with Gasteiger partial charge in [-0.15, -0.1) is 0 Å². The van der Waals surface area contributed by atoms with Gasteiger partial charge in [-0.1, -0.05) is 42.5 Å². The number of amides is 1. The van der Waals surface area contributed by atoms with Gasteiger partial charge in [0.25, 0.3) is 0 Å². The van der Waals surface area contributed by atoms with Gasteiger partial charge in [-0.25, -0.2) is 12.8 Å². The molecule has 3 rings (SSSR count). The molecule has 0 saturated heterocycles. The van der Waals surface area contributed by atoms with E-state index in [1.807, 2.05) is 18.2 Å². The van der Waals surface area contributed by atoms with E-state index >= 15 is 0 Å². The molecular formula is C23H23FN2O4S. The number of benzene rings is 3. The second-order valence-electron chi connectivity index (χ2n) is 6.84. The van der Waals surface area contributed by atoms with Crippen molar-refractivity contribution in [3.8, 4) is 5.75 Å². The summed E-state index contributed by atoms with van der Waals surface area (Å²) in [4.78, 5) is 12.5. The maximum absolute atomic E-state index is 13.3. The summed E-state index contributed by atoms with van der Waals surface area (Å²) in [5.41, 5.74) is 1.58. The first-order valence-corrected chi connectivity index (χ1v) is 11.0. The third kappa shape index (κ3) is 6.13. The monoisotopic (exact) mass is 442 g/mol. The second-order valence-corrected chi connectivity index (χ2v) is 8.78. The number of methoxy groups -OCH3 is 1. The highest BCUT2D eigenvalue weighted by Crippen LogP contribution is 2.19. The van der Waals surface area contributed by atoms with E-state index in [-0.39, 0.29) is 24.5 Å². The van der Waals surface area contributed by atoms with Gasteiger partial charge >= 0.3 is 0 Å². The SMILES string of the molecule is COc1ccc(CNC(=O)CN(Cc2ccccc2)S(=O)(=O)c2ccc(F)cc2)cc1. The van der Waals surface area contributed by atoms with Crippen LogP contribution in [-0.4, -0.2) is 32.3 Å². The summed E-state index contributed by atoms with van der Waals surface area (Å²) in [6, 6.07) is 20.7. The number of ether oxygens (including phenoxy) is 1. The van der Waals surface area contributed by atoms with Gasteiger partial charge in [0.2, 0.25) is 15.9 Å². The molecule has 6 nitrogen and oxygen atoms in total. The topological polar surface area (TPSA) is 75.7 Å². The summed E-state index contributed by atoms with van der Waals surface area (Å²) in [6.07, 6.45) is 0. The van der Waals surface area contributed by atoms with Crippen molar-refractivity contribution in [3.05, 3.63) is 95.8 Å². The van der Waals surface area contributed by atoms with E-state index in [1.54, 1.807) is 43.5 Å². The Labute approximate surface area is 181 Å². The standard InChI is InChI=1S/C23H23FN2O4S/c1-30-21-11-7-18(8-12-21)15-25-23(27)17-26(16-19-5-3-2-4-6-19)31(28,29)22-13-9-20(24)10-14-22/h2-14H,15-17H2,1H3,(H,25,27). The Bertz CT molecular complexity index is 1100. The third-order valence-corrected chi connectivity index (χ3v) is 6.43.